The first kappa shape index (κ1) is 22.1. The maximum Gasteiger partial charge on any atom is 0.246 e. The number of morpholine rings is 1. The van der Waals surface area contributed by atoms with Crippen LogP contribution in [0.1, 0.15) is 18.4 Å². The van der Waals surface area contributed by atoms with Gasteiger partial charge in [0.05, 0.1) is 23.3 Å². The molecule has 158 valence electrons. The molecule has 1 aromatic rings. The van der Waals surface area contributed by atoms with E-state index in [0.29, 0.717) is 36.1 Å². The second kappa shape index (κ2) is 11.0. The summed E-state index contributed by atoms with van der Waals surface area (Å²) in [7, 11) is 0. The number of nitrogens with zero attached hydrogens (tertiary/aromatic N) is 3. The van der Waals surface area contributed by atoms with Gasteiger partial charge in [-0.15, -0.1) is 0 Å². The standard InChI is InChI=1S/C21H27Cl2N3O3/c22-18-4-2-17(16-19(18)23)3-5-20(27)26-9-6-21(28)25(10-11-26)8-1-7-24-12-14-29-15-13-24/h2-5,16H,1,6-15H2. The monoisotopic (exact) mass is 439 g/mol. The molecule has 0 aliphatic carbocycles. The zero-order chi connectivity index (χ0) is 20.6. The smallest absolute Gasteiger partial charge is 0.246 e. The van der Waals surface area contributed by atoms with E-state index in [1.807, 2.05) is 4.90 Å². The minimum Gasteiger partial charge on any atom is -0.379 e. The largest absolute Gasteiger partial charge is 0.379 e. The molecule has 0 aromatic heterocycles. The second-order valence-electron chi connectivity index (χ2n) is 7.27. The Kier molecular flexibility index (Phi) is 8.36. The molecule has 2 heterocycles. The number of hydrogen-bond donors (Lipinski definition) is 0. The summed E-state index contributed by atoms with van der Waals surface area (Å²) in [6.07, 6.45) is 4.55. The maximum absolute atomic E-state index is 12.5. The summed E-state index contributed by atoms with van der Waals surface area (Å²) >= 11 is 11.9. The number of halogens is 2. The van der Waals surface area contributed by atoms with Crippen LogP contribution in [0.3, 0.4) is 0 Å². The molecule has 0 spiro atoms. The molecule has 0 atom stereocenters. The summed E-state index contributed by atoms with van der Waals surface area (Å²) in [5.74, 6) is 0.0229. The Balaban J connectivity index is 1.47. The molecular weight excluding hydrogens is 413 g/mol. The highest BCUT2D eigenvalue weighted by molar-refractivity contribution is 6.42. The van der Waals surface area contributed by atoms with Crippen LogP contribution in [0.2, 0.25) is 10.0 Å². The van der Waals surface area contributed by atoms with E-state index in [-0.39, 0.29) is 11.8 Å². The molecule has 0 saturated carbocycles. The predicted octanol–water partition coefficient (Wildman–Crippen LogP) is 2.79. The molecular formula is C21H27Cl2N3O3. The Bertz CT molecular complexity index is 751. The third kappa shape index (κ3) is 6.71. The van der Waals surface area contributed by atoms with Gasteiger partial charge in [-0.3, -0.25) is 14.5 Å². The van der Waals surface area contributed by atoms with E-state index in [1.54, 1.807) is 29.2 Å². The van der Waals surface area contributed by atoms with Crippen molar-refractivity contribution in [2.24, 2.45) is 0 Å². The zero-order valence-electron chi connectivity index (χ0n) is 16.5. The van der Waals surface area contributed by atoms with E-state index >= 15 is 0 Å². The maximum atomic E-state index is 12.5. The van der Waals surface area contributed by atoms with Gasteiger partial charge < -0.3 is 14.5 Å². The minimum atomic E-state index is -0.0981. The average molecular weight is 440 g/mol. The number of carbonyl (C=O) groups excluding carboxylic acids is 2. The minimum absolute atomic E-state index is 0.0981. The molecule has 0 bridgehead atoms. The predicted molar refractivity (Wildman–Crippen MR) is 115 cm³/mol. The lowest BCUT2D eigenvalue weighted by molar-refractivity contribution is -0.130. The van der Waals surface area contributed by atoms with Crippen LogP contribution in [-0.2, 0) is 14.3 Å². The Morgan fingerprint density at radius 1 is 1.03 bits per heavy atom. The van der Waals surface area contributed by atoms with Gasteiger partial charge in [0, 0.05) is 58.3 Å². The van der Waals surface area contributed by atoms with Crippen LogP contribution >= 0.6 is 23.2 Å². The van der Waals surface area contributed by atoms with Crippen molar-refractivity contribution in [3.8, 4) is 0 Å². The number of ether oxygens (including phenoxy) is 1. The molecule has 2 saturated heterocycles. The highest BCUT2D eigenvalue weighted by Crippen LogP contribution is 2.23. The Hall–Kier alpha value is -1.60. The van der Waals surface area contributed by atoms with Gasteiger partial charge in [-0.05, 0) is 30.2 Å². The van der Waals surface area contributed by atoms with Crippen molar-refractivity contribution in [3.05, 3.63) is 39.9 Å². The van der Waals surface area contributed by atoms with Gasteiger partial charge in [0.25, 0.3) is 0 Å². The molecule has 2 fully saturated rings. The molecule has 2 aliphatic rings. The first-order valence-corrected chi connectivity index (χ1v) is 10.8. The van der Waals surface area contributed by atoms with Crippen LogP contribution in [0.5, 0.6) is 0 Å². The van der Waals surface area contributed by atoms with Crippen molar-refractivity contribution in [2.75, 3.05) is 59.0 Å². The molecule has 3 rings (SSSR count). The van der Waals surface area contributed by atoms with Crippen molar-refractivity contribution < 1.29 is 14.3 Å². The molecule has 0 N–H and O–H groups in total. The van der Waals surface area contributed by atoms with E-state index in [2.05, 4.69) is 4.90 Å². The van der Waals surface area contributed by atoms with Gasteiger partial charge in [0.1, 0.15) is 0 Å². The fourth-order valence-electron chi connectivity index (χ4n) is 3.52. The SMILES string of the molecule is O=C(C=Cc1ccc(Cl)c(Cl)c1)N1CCC(=O)N(CCCN2CCOCC2)CC1. The number of benzene rings is 1. The van der Waals surface area contributed by atoms with E-state index < -0.39 is 0 Å². The summed E-state index contributed by atoms with van der Waals surface area (Å²) in [5, 5.41) is 0.934. The highest BCUT2D eigenvalue weighted by atomic mass is 35.5. The average Bonchev–Trinajstić information content (AvgIpc) is 2.91. The van der Waals surface area contributed by atoms with Crippen LogP contribution in [0.15, 0.2) is 24.3 Å². The lowest BCUT2D eigenvalue weighted by atomic mass is 10.2. The van der Waals surface area contributed by atoms with Gasteiger partial charge in [0.15, 0.2) is 0 Å². The Morgan fingerprint density at radius 3 is 2.59 bits per heavy atom. The molecule has 0 unspecified atom stereocenters. The normalized spacial score (nSPS) is 19.0. The van der Waals surface area contributed by atoms with Crippen molar-refractivity contribution in [1.82, 2.24) is 14.7 Å². The van der Waals surface area contributed by atoms with Crippen LogP contribution in [0.25, 0.3) is 6.08 Å². The van der Waals surface area contributed by atoms with Crippen LogP contribution in [-0.4, -0.2) is 85.5 Å². The first-order chi connectivity index (χ1) is 14.0. The third-order valence-corrected chi connectivity index (χ3v) is 6.01. The van der Waals surface area contributed by atoms with Crippen molar-refractivity contribution in [2.45, 2.75) is 12.8 Å². The van der Waals surface area contributed by atoms with E-state index in [4.69, 9.17) is 27.9 Å². The van der Waals surface area contributed by atoms with E-state index in [1.165, 1.54) is 6.08 Å². The van der Waals surface area contributed by atoms with Crippen molar-refractivity contribution in [1.29, 1.82) is 0 Å². The van der Waals surface area contributed by atoms with Gasteiger partial charge in [-0.1, -0.05) is 29.3 Å². The Morgan fingerprint density at radius 2 is 1.83 bits per heavy atom. The lowest BCUT2D eigenvalue weighted by Crippen LogP contribution is -2.39. The number of amides is 2. The highest BCUT2D eigenvalue weighted by Gasteiger charge is 2.22. The van der Waals surface area contributed by atoms with Crippen LogP contribution < -0.4 is 0 Å². The topological polar surface area (TPSA) is 53.1 Å². The quantitative estimate of drug-likeness (QED) is 0.639. The summed E-state index contributed by atoms with van der Waals surface area (Å²) in [6, 6.07) is 5.23. The number of hydrogen-bond acceptors (Lipinski definition) is 4. The second-order valence-corrected chi connectivity index (χ2v) is 8.08. The number of carbonyl (C=O) groups is 2. The molecule has 1 aromatic carbocycles. The van der Waals surface area contributed by atoms with Gasteiger partial charge in [-0.25, -0.2) is 0 Å². The third-order valence-electron chi connectivity index (χ3n) is 5.27. The van der Waals surface area contributed by atoms with Crippen LogP contribution in [0, 0.1) is 0 Å². The summed E-state index contributed by atoms with van der Waals surface area (Å²) in [5.41, 5.74) is 0.809. The summed E-state index contributed by atoms with van der Waals surface area (Å²) in [6.45, 7) is 6.78. The first-order valence-electron chi connectivity index (χ1n) is 10.0. The molecule has 0 radical (unpaired) electrons. The number of rotatable bonds is 6. The van der Waals surface area contributed by atoms with Crippen LogP contribution in [0.4, 0.5) is 0 Å². The van der Waals surface area contributed by atoms with Gasteiger partial charge in [-0.2, -0.15) is 0 Å². The van der Waals surface area contributed by atoms with Gasteiger partial charge in [0.2, 0.25) is 11.8 Å². The summed E-state index contributed by atoms with van der Waals surface area (Å²) in [4.78, 5) is 31.0. The fourth-order valence-corrected chi connectivity index (χ4v) is 3.83. The van der Waals surface area contributed by atoms with Crippen molar-refractivity contribution >= 4 is 41.1 Å². The molecule has 6 nitrogen and oxygen atoms in total. The lowest BCUT2D eigenvalue weighted by Gasteiger charge is -2.28. The van der Waals surface area contributed by atoms with E-state index in [9.17, 15) is 9.59 Å². The zero-order valence-corrected chi connectivity index (χ0v) is 18.0. The fraction of sp³-hybridized carbons (Fsp3) is 0.524. The van der Waals surface area contributed by atoms with Gasteiger partial charge >= 0.3 is 0 Å². The molecule has 8 heteroatoms. The van der Waals surface area contributed by atoms with E-state index in [0.717, 1.165) is 51.4 Å². The molecule has 29 heavy (non-hydrogen) atoms. The molecule has 2 aliphatic heterocycles. The Labute approximate surface area is 182 Å². The summed E-state index contributed by atoms with van der Waals surface area (Å²) < 4.78 is 5.36. The van der Waals surface area contributed by atoms with Crippen molar-refractivity contribution in [3.63, 3.8) is 0 Å². The molecule has 2 amide bonds.